The van der Waals surface area contributed by atoms with Gasteiger partial charge in [-0.15, -0.1) is 0 Å². The molecule has 1 aliphatic rings. The Morgan fingerprint density at radius 2 is 1.85 bits per heavy atom. The number of carbonyl (C=O) groups excluding carboxylic acids is 1. The number of alkyl halides is 2. The number of amides is 1. The first-order valence-corrected chi connectivity index (χ1v) is 10.5. The van der Waals surface area contributed by atoms with Crippen LogP contribution in [-0.4, -0.2) is 22.4 Å². The summed E-state index contributed by atoms with van der Waals surface area (Å²) in [6, 6.07) is 5.86. The predicted octanol–water partition coefficient (Wildman–Crippen LogP) is 3.97. The second-order valence-corrected chi connectivity index (χ2v) is 7.82. The molecule has 12 heteroatoms. The summed E-state index contributed by atoms with van der Waals surface area (Å²) in [7, 11) is 0. The van der Waals surface area contributed by atoms with Crippen molar-refractivity contribution in [2.24, 2.45) is 16.8 Å². The highest BCUT2D eigenvalue weighted by molar-refractivity contribution is 6.14. The molecule has 3 aromatic rings. The van der Waals surface area contributed by atoms with E-state index < -0.39 is 24.1 Å². The quantitative estimate of drug-likeness (QED) is 0.141. The molecule has 1 aromatic heterocycles. The van der Waals surface area contributed by atoms with Crippen LogP contribution in [0.15, 0.2) is 41.6 Å². The smallest absolute Gasteiger partial charge is 0.319 e. The molecule has 0 unspecified atom stereocenters. The van der Waals surface area contributed by atoms with Crippen LogP contribution in [0.25, 0.3) is 10.9 Å². The Hall–Kier alpha value is -3.80. The fourth-order valence-corrected chi connectivity index (χ4v) is 4.04. The molecule has 0 saturated heterocycles. The van der Waals surface area contributed by atoms with Crippen LogP contribution in [0.1, 0.15) is 48.2 Å². The molecule has 0 bridgehead atoms. The van der Waals surface area contributed by atoms with E-state index in [2.05, 4.69) is 15.8 Å². The molecule has 8 nitrogen and oxygen atoms in total. The number of benzene rings is 2. The van der Waals surface area contributed by atoms with Crippen molar-refractivity contribution in [3.63, 3.8) is 0 Å². The lowest BCUT2D eigenvalue weighted by atomic mass is 10.1. The van der Waals surface area contributed by atoms with Gasteiger partial charge in [0.1, 0.15) is 5.82 Å². The van der Waals surface area contributed by atoms with Crippen LogP contribution in [0.2, 0.25) is 0 Å². The summed E-state index contributed by atoms with van der Waals surface area (Å²) in [5, 5.41) is 5.65. The van der Waals surface area contributed by atoms with Crippen LogP contribution in [0.4, 0.5) is 23.2 Å². The van der Waals surface area contributed by atoms with Crippen LogP contribution in [0.5, 0.6) is 5.75 Å². The molecule has 0 spiro atoms. The van der Waals surface area contributed by atoms with Crippen molar-refractivity contribution >= 4 is 28.3 Å². The number of ether oxygens (including phenoxy) is 1. The minimum absolute atomic E-state index is 0.0468. The topological polar surface area (TPSA) is 120 Å². The number of nitrogens with two attached hydrogens (primary N) is 2. The highest BCUT2D eigenvalue weighted by Gasteiger charge is 2.23. The average Bonchev–Trinajstić information content (AvgIpc) is 3.44. The molecule has 1 aliphatic carbocycles. The molecule has 1 saturated carbocycles. The molecule has 0 radical (unpaired) electrons. The maximum Gasteiger partial charge on any atom is 0.319 e. The molecule has 180 valence electrons. The zero-order chi connectivity index (χ0) is 24.4. The Morgan fingerprint density at radius 1 is 1.12 bits per heavy atom. The molecule has 4 rings (SSSR count). The van der Waals surface area contributed by atoms with E-state index in [9.17, 15) is 22.4 Å². The SMILES string of the molecule is N/N=C(\NN)c1cc2c(cc1F)c(C(=O)Nc1ccc(OC3CCCC3)c(F)c1)cn2C(F)F. The first-order valence-electron chi connectivity index (χ1n) is 10.5. The Kier molecular flexibility index (Phi) is 6.59. The summed E-state index contributed by atoms with van der Waals surface area (Å²) < 4.78 is 62.6. The largest absolute Gasteiger partial charge is 0.487 e. The summed E-state index contributed by atoms with van der Waals surface area (Å²) in [5.41, 5.74) is 1.51. The van der Waals surface area contributed by atoms with E-state index in [1.54, 1.807) is 0 Å². The molecule has 1 fully saturated rings. The monoisotopic (exact) mass is 478 g/mol. The van der Waals surface area contributed by atoms with Gasteiger partial charge in [0.05, 0.1) is 22.7 Å². The van der Waals surface area contributed by atoms with Gasteiger partial charge < -0.3 is 21.3 Å². The lowest BCUT2D eigenvalue weighted by molar-refractivity contribution is 0.0750. The third kappa shape index (κ3) is 4.49. The Bertz CT molecular complexity index is 1250. The van der Waals surface area contributed by atoms with E-state index in [0.29, 0.717) is 4.57 Å². The van der Waals surface area contributed by atoms with Crippen LogP contribution < -0.4 is 27.2 Å². The average molecular weight is 478 g/mol. The highest BCUT2D eigenvalue weighted by atomic mass is 19.3. The number of hydrogen-bond donors (Lipinski definition) is 4. The number of aromatic nitrogens is 1. The van der Waals surface area contributed by atoms with Crippen molar-refractivity contribution < 1.29 is 27.1 Å². The number of nitrogens with zero attached hydrogens (tertiary/aromatic N) is 2. The summed E-state index contributed by atoms with van der Waals surface area (Å²) in [6.07, 6.45) is 4.59. The maximum atomic E-state index is 14.7. The number of nitrogens with one attached hydrogen (secondary N) is 2. The number of hydrogen-bond acceptors (Lipinski definition) is 5. The third-order valence-electron chi connectivity index (χ3n) is 5.68. The van der Waals surface area contributed by atoms with E-state index in [0.717, 1.165) is 50.1 Å². The van der Waals surface area contributed by atoms with Gasteiger partial charge in [0.25, 0.3) is 5.91 Å². The first kappa shape index (κ1) is 23.4. The molecule has 34 heavy (non-hydrogen) atoms. The van der Waals surface area contributed by atoms with Gasteiger partial charge in [-0.2, -0.15) is 13.9 Å². The van der Waals surface area contributed by atoms with Gasteiger partial charge in [0.2, 0.25) is 0 Å². The summed E-state index contributed by atoms with van der Waals surface area (Å²) in [6.45, 7) is -3.03. The number of hydrazone groups is 1. The van der Waals surface area contributed by atoms with Crippen molar-refractivity contribution in [3.05, 3.63) is 59.3 Å². The first-order chi connectivity index (χ1) is 16.3. The molecular weight excluding hydrogens is 456 g/mol. The lowest BCUT2D eigenvalue weighted by Gasteiger charge is -2.14. The van der Waals surface area contributed by atoms with Crippen molar-refractivity contribution in [3.8, 4) is 5.75 Å². The van der Waals surface area contributed by atoms with Gasteiger partial charge in [-0.3, -0.25) is 9.36 Å². The van der Waals surface area contributed by atoms with E-state index in [-0.39, 0.29) is 45.4 Å². The molecule has 0 atom stereocenters. The van der Waals surface area contributed by atoms with Crippen LogP contribution >= 0.6 is 0 Å². The van der Waals surface area contributed by atoms with Gasteiger partial charge >= 0.3 is 6.55 Å². The summed E-state index contributed by atoms with van der Waals surface area (Å²) >= 11 is 0. The number of rotatable bonds is 6. The normalized spacial score (nSPS) is 14.7. The molecule has 1 heterocycles. The molecule has 0 aliphatic heterocycles. The Balaban J connectivity index is 1.64. The predicted molar refractivity (Wildman–Crippen MR) is 118 cm³/mol. The third-order valence-corrected chi connectivity index (χ3v) is 5.68. The van der Waals surface area contributed by atoms with E-state index in [4.69, 9.17) is 16.4 Å². The fourth-order valence-electron chi connectivity index (χ4n) is 4.04. The van der Waals surface area contributed by atoms with E-state index >= 15 is 0 Å². The number of amidine groups is 1. The second-order valence-electron chi connectivity index (χ2n) is 7.82. The van der Waals surface area contributed by atoms with Gasteiger partial charge in [-0.1, -0.05) is 0 Å². The van der Waals surface area contributed by atoms with Crippen molar-refractivity contribution in [2.45, 2.75) is 38.3 Å². The minimum atomic E-state index is -3.03. The number of fused-ring (bicyclic) bond motifs is 1. The fraction of sp³-hybridized carbons (Fsp3) is 0.273. The van der Waals surface area contributed by atoms with Crippen molar-refractivity contribution in [1.29, 1.82) is 0 Å². The number of anilines is 1. The minimum Gasteiger partial charge on any atom is -0.487 e. The lowest BCUT2D eigenvalue weighted by Crippen LogP contribution is -2.32. The van der Waals surface area contributed by atoms with Gasteiger partial charge in [0.15, 0.2) is 17.4 Å². The van der Waals surface area contributed by atoms with Gasteiger partial charge in [-0.05, 0) is 49.9 Å². The molecular formula is C22H22F4N6O2. The Morgan fingerprint density at radius 3 is 2.47 bits per heavy atom. The molecule has 6 N–H and O–H groups in total. The second kappa shape index (κ2) is 9.59. The van der Waals surface area contributed by atoms with Crippen LogP contribution in [-0.2, 0) is 0 Å². The van der Waals surface area contributed by atoms with Gasteiger partial charge in [-0.25, -0.2) is 14.6 Å². The standard InChI is InChI=1S/C22H22F4N6O2/c23-16-8-13-15(10-32(22(25)26)18(13)9-14(16)20(30-27)31-28)21(33)29-11-5-6-19(17(24)7-11)34-12-3-1-2-4-12/h5-10,12,22H,1-4,27-28H2,(H,29,33)(H,30,31). The van der Waals surface area contributed by atoms with Crippen LogP contribution in [0, 0.1) is 11.6 Å². The Labute approximate surface area is 191 Å². The zero-order valence-corrected chi connectivity index (χ0v) is 17.8. The highest BCUT2D eigenvalue weighted by Crippen LogP contribution is 2.31. The zero-order valence-electron chi connectivity index (χ0n) is 17.8. The van der Waals surface area contributed by atoms with E-state index in [1.807, 2.05) is 0 Å². The molecule has 2 aromatic carbocycles. The van der Waals surface area contributed by atoms with Gasteiger partial charge in [0, 0.05) is 23.3 Å². The number of hydrazine groups is 1. The van der Waals surface area contributed by atoms with Crippen molar-refractivity contribution in [1.82, 2.24) is 9.99 Å². The maximum absolute atomic E-state index is 14.7. The van der Waals surface area contributed by atoms with Crippen LogP contribution in [0.3, 0.4) is 0 Å². The summed E-state index contributed by atoms with van der Waals surface area (Å²) in [4.78, 5) is 12.9. The summed E-state index contributed by atoms with van der Waals surface area (Å²) in [5.74, 6) is 7.81. The molecule has 1 amide bonds. The number of halogens is 4. The van der Waals surface area contributed by atoms with E-state index in [1.165, 1.54) is 12.1 Å². The van der Waals surface area contributed by atoms with Crippen molar-refractivity contribution in [2.75, 3.05) is 5.32 Å². The number of carbonyl (C=O) groups is 1.